The predicted molar refractivity (Wildman–Crippen MR) is 317 cm³/mol. The Kier molecular flexibility index (Phi) is 54.6. The minimum absolute atomic E-state index is 0.0291. The molecule has 2 unspecified atom stereocenters. The first-order valence-corrected chi connectivity index (χ1v) is 33.2. The largest absolute Gasteiger partial charge is 0.472 e. The molecule has 0 heterocycles. The van der Waals surface area contributed by atoms with Crippen molar-refractivity contribution in [3.63, 3.8) is 0 Å². The van der Waals surface area contributed by atoms with Crippen LogP contribution in [0.25, 0.3) is 0 Å². The Hall–Kier alpha value is -1.77. The summed E-state index contributed by atoms with van der Waals surface area (Å²) >= 11 is 0. The van der Waals surface area contributed by atoms with Crippen molar-refractivity contribution in [2.75, 3.05) is 47.5 Å². The average Bonchev–Trinajstić information content (AvgIpc) is 3.36. The molecule has 0 radical (unpaired) electrons. The van der Waals surface area contributed by atoms with Gasteiger partial charge in [-0.15, -0.1) is 0 Å². The minimum atomic E-state index is -4.39. The summed E-state index contributed by atoms with van der Waals surface area (Å²) < 4.78 is 34.5. The average molecular weight is 1070 g/mol. The van der Waals surface area contributed by atoms with Crippen molar-refractivity contribution in [2.24, 2.45) is 0 Å². The third kappa shape index (κ3) is 59.5. The molecule has 0 aromatic heterocycles. The predicted octanol–water partition coefficient (Wildman–Crippen LogP) is 19.9. The van der Waals surface area contributed by atoms with Crippen LogP contribution in [0.4, 0.5) is 0 Å². The monoisotopic (exact) mass is 1060 g/mol. The van der Waals surface area contributed by atoms with Crippen molar-refractivity contribution in [1.82, 2.24) is 0 Å². The first-order valence-electron chi connectivity index (χ1n) is 31.7. The molecule has 0 aliphatic carbocycles. The highest BCUT2D eigenvalue weighted by Crippen LogP contribution is 2.43. The molecule has 0 fully saturated rings. The maximum absolute atomic E-state index is 12.8. The van der Waals surface area contributed by atoms with Crippen LogP contribution in [-0.4, -0.2) is 74.9 Å². The van der Waals surface area contributed by atoms with Crippen molar-refractivity contribution in [3.05, 3.63) is 36.5 Å². The van der Waals surface area contributed by atoms with Gasteiger partial charge in [-0.25, -0.2) is 4.57 Å². The summed E-state index contributed by atoms with van der Waals surface area (Å²) in [6.45, 7) is 4.34. The lowest BCUT2D eigenvalue weighted by Crippen LogP contribution is -2.37. The van der Waals surface area contributed by atoms with E-state index >= 15 is 0 Å². The highest BCUT2D eigenvalue weighted by Gasteiger charge is 2.27. The van der Waals surface area contributed by atoms with Crippen molar-refractivity contribution in [1.29, 1.82) is 0 Å². The fraction of sp³-hybridized carbons (Fsp3) is 0.875. The highest BCUT2D eigenvalue weighted by molar-refractivity contribution is 7.47. The normalized spacial score (nSPS) is 13.4. The Morgan fingerprint density at radius 1 is 0.432 bits per heavy atom. The summed E-state index contributed by atoms with van der Waals surface area (Å²) in [5, 5.41) is 0. The summed E-state index contributed by atoms with van der Waals surface area (Å²) in [5.41, 5.74) is 0. The number of esters is 2. The van der Waals surface area contributed by atoms with Gasteiger partial charge in [0.1, 0.15) is 19.8 Å². The van der Waals surface area contributed by atoms with Crippen molar-refractivity contribution < 1.29 is 42.1 Å². The molecule has 436 valence electrons. The molecule has 0 aliphatic heterocycles. The molecule has 74 heavy (non-hydrogen) atoms. The second-order valence-corrected chi connectivity index (χ2v) is 24.2. The third-order valence-corrected chi connectivity index (χ3v) is 15.2. The van der Waals surface area contributed by atoms with E-state index in [9.17, 15) is 19.0 Å². The van der Waals surface area contributed by atoms with Crippen LogP contribution in [0.2, 0.25) is 0 Å². The van der Waals surface area contributed by atoms with Crippen molar-refractivity contribution in [3.8, 4) is 0 Å². The van der Waals surface area contributed by atoms with Crippen LogP contribution in [0, 0.1) is 0 Å². The fourth-order valence-corrected chi connectivity index (χ4v) is 10.1. The van der Waals surface area contributed by atoms with Crippen LogP contribution in [0.15, 0.2) is 36.5 Å². The summed E-state index contributed by atoms with van der Waals surface area (Å²) in [7, 11) is 1.47. The topological polar surface area (TPSA) is 108 Å². The van der Waals surface area contributed by atoms with E-state index in [1.807, 2.05) is 21.1 Å². The molecule has 2 atom stereocenters. The van der Waals surface area contributed by atoms with E-state index in [0.29, 0.717) is 17.4 Å². The molecular weight excluding hydrogens is 942 g/mol. The number of phosphoric ester groups is 1. The molecule has 0 rings (SSSR count). The van der Waals surface area contributed by atoms with E-state index in [4.69, 9.17) is 18.5 Å². The number of phosphoric acid groups is 1. The van der Waals surface area contributed by atoms with Crippen molar-refractivity contribution in [2.45, 2.75) is 315 Å². The molecule has 0 aromatic carbocycles. The van der Waals surface area contributed by atoms with Crippen LogP contribution in [0.1, 0.15) is 309 Å². The maximum atomic E-state index is 12.8. The Labute approximate surface area is 459 Å². The van der Waals surface area contributed by atoms with Crippen LogP contribution < -0.4 is 0 Å². The molecule has 0 spiro atoms. The lowest BCUT2D eigenvalue weighted by molar-refractivity contribution is -0.870. The third-order valence-electron chi connectivity index (χ3n) is 14.2. The molecule has 10 heteroatoms. The maximum Gasteiger partial charge on any atom is 0.472 e. The zero-order valence-corrected chi connectivity index (χ0v) is 50.5. The van der Waals surface area contributed by atoms with Gasteiger partial charge in [0.05, 0.1) is 27.7 Å². The molecule has 0 saturated carbocycles. The van der Waals surface area contributed by atoms with Crippen LogP contribution >= 0.6 is 7.82 Å². The van der Waals surface area contributed by atoms with Gasteiger partial charge in [-0.3, -0.25) is 18.6 Å². The number of nitrogens with zero attached hydrogens (tertiary/aromatic N) is 1. The van der Waals surface area contributed by atoms with Gasteiger partial charge < -0.3 is 18.9 Å². The number of allylic oxidation sites excluding steroid dienone is 6. The molecule has 0 bridgehead atoms. The Bertz CT molecular complexity index is 1340. The zero-order valence-electron chi connectivity index (χ0n) is 49.6. The van der Waals surface area contributed by atoms with Crippen LogP contribution in [-0.2, 0) is 32.7 Å². The van der Waals surface area contributed by atoms with E-state index < -0.39 is 26.5 Å². The van der Waals surface area contributed by atoms with Gasteiger partial charge >= 0.3 is 19.8 Å². The summed E-state index contributed by atoms with van der Waals surface area (Å²) in [4.78, 5) is 35.7. The minimum Gasteiger partial charge on any atom is -0.462 e. The fourth-order valence-electron chi connectivity index (χ4n) is 9.33. The number of rotatable bonds is 59. The molecule has 0 amide bonds. The van der Waals surface area contributed by atoms with E-state index in [2.05, 4.69) is 50.3 Å². The summed E-state index contributed by atoms with van der Waals surface area (Å²) in [5.74, 6) is -0.805. The van der Waals surface area contributed by atoms with Gasteiger partial charge in [-0.05, 0) is 44.9 Å². The van der Waals surface area contributed by atoms with E-state index in [1.54, 1.807) is 0 Å². The molecule has 0 aliphatic rings. The molecule has 0 saturated heterocycles. The number of quaternary nitrogens is 1. The lowest BCUT2D eigenvalue weighted by Gasteiger charge is -2.24. The van der Waals surface area contributed by atoms with Gasteiger partial charge in [-0.2, -0.15) is 0 Å². The van der Waals surface area contributed by atoms with Crippen LogP contribution in [0.3, 0.4) is 0 Å². The zero-order chi connectivity index (χ0) is 54.2. The second-order valence-electron chi connectivity index (χ2n) is 22.8. The number of ether oxygens (including phenoxy) is 2. The number of carbonyl (C=O) groups excluding carboxylic acids is 2. The second kappa shape index (κ2) is 56.0. The van der Waals surface area contributed by atoms with Gasteiger partial charge in [0.15, 0.2) is 6.10 Å². The van der Waals surface area contributed by atoms with E-state index in [-0.39, 0.29) is 32.0 Å². The first-order chi connectivity index (χ1) is 36.0. The molecule has 1 N–H and O–H groups in total. The van der Waals surface area contributed by atoms with Crippen LogP contribution in [0.5, 0.6) is 0 Å². The van der Waals surface area contributed by atoms with Gasteiger partial charge in [0.25, 0.3) is 0 Å². The quantitative estimate of drug-likeness (QED) is 0.0211. The Morgan fingerprint density at radius 2 is 0.770 bits per heavy atom. The smallest absolute Gasteiger partial charge is 0.462 e. The lowest BCUT2D eigenvalue weighted by atomic mass is 10.0. The molecule has 0 aromatic rings. The summed E-state index contributed by atoms with van der Waals surface area (Å²) in [6.07, 6.45) is 69.8. The summed E-state index contributed by atoms with van der Waals surface area (Å²) in [6, 6.07) is 0. The number of hydrogen-bond acceptors (Lipinski definition) is 7. The van der Waals surface area contributed by atoms with Gasteiger partial charge in [-0.1, -0.05) is 288 Å². The number of unbranched alkanes of at least 4 members (excludes halogenated alkanes) is 39. The van der Waals surface area contributed by atoms with Gasteiger partial charge in [0, 0.05) is 12.8 Å². The standard InChI is InChI=1S/C64H122NO8P/c1-6-8-10-12-14-16-18-20-22-23-24-25-26-27-28-29-30-31-32-33-34-35-36-37-38-39-40-41-43-44-46-48-50-52-54-56-63(66)70-60-62(61-72-74(68,69)71-59-58-65(3,4)5)73-64(67)57-55-53-51-49-47-45-42-21-19-17-15-13-11-9-7-2/h9,11,15,17,21,42,62H,6-8,10,12-14,16,18-20,22-41,43-61H2,1-5H3/p+1/b11-9-,17-15-,42-21-. The molecular formula is C64H123NO8P+. The first kappa shape index (κ1) is 72.2. The Balaban J connectivity index is 3.91. The number of hydrogen-bond donors (Lipinski definition) is 1. The Morgan fingerprint density at radius 3 is 1.15 bits per heavy atom. The highest BCUT2D eigenvalue weighted by atomic mass is 31.2. The van der Waals surface area contributed by atoms with Crippen molar-refractivity contribution >= 4 is 19.8 Å². The SMILES string of the molecule is CC/C=C\C/C=C\C/C=C\CCCCCCCC(=O)OC(COC(=O)CCCCCCCCCCCCCCCCCCCCCCCCCCCCCCCCCCCCC)COP(=O)(O)OCC[N+](C)(C)C. The van der Waals surface area contributed by atoms with Gasteiger partial charge in [0.2, 0.25) is 0 Å². The number of carbonyl (C=O) groups is 2. The van der Waals surface area contributed by atoms with E-state index in [1.165, 1.54) is 205 Å². The molecule has 9 nitrogen and oxygen atoms in total. The number of likely N-dealkylation sites (N-methyl/N-ethyl adjacent to an activating group) is 1. The van der Waals surface area contributed by atoms with E-state index in [0.717, 1.165) is 70.6 Å².